The summed E-state index contributed by atoms with van der Waals surface area (Å²) in [5, 5.41) is 7.28. The highest BCUT2D eigenvalue weighted by Crippen LogP contribution is 2.44. The molecule has 148 valence electrons. The lowest BCUT2D eigenvalue weighted by molar-refractivity contribution is -0.134. The number of likely N-dealkylation sites (tertiary alicyclic amines) is 1. The lowest BCUT2D eigenvalue weighted by Gasteiger charge is -2.46. The molecule has 2 N–H and O–H groups in total. The van der Waals surface area contributed by atoms with Crippen molar-refractivity contribution in [3.05, 3.63) is 35.9 Å². The summed E-state index contributed by atoms with van der Waals surface area (Å²) in [6.07, 6.45) is 2.82. The molecular formula is C23H35N3O. The maximum atomic E-state index is 13.4. The quantitative estimate of drug-likeness (QED) is 0.859. The molecule has 3 aliphatic rings. The maximum Gasteiger partial charge on any atom is 0.223 e. The van der Waals surface area contributed by atoms with Gasteiger partial charge in [-0.15, -0.1) is 0 Å². The third-order valence-electron chi connectivity index (χ3n) is 6.76. The summed E-state index contributed by atoms with van der Waals surface area (Å²) in [7, 11) is 0. The summed E-state index contributed by atoms with van der Waals surface area (Å²) in [6, 6.07) is 10.9. The monoisotopic (exact) mass is 369 g/mol. The minimum absolute atomic E-state index is 0.0942. The van der Waals surface area contributed by atoms with Gasteiger partial charge >= 0.3 is 0 Å². The van der Waals surface area contributed by atoms with Gasteiger partial charge in [0.2, 0.25) is 5.91 Å². The Kier molecular flexibility index (Phi) is 4.84. The number of carbonyl (C=O) groups is 1. The predicted molar refractivity (Wildman–Crippen MR) is 109 cm³/mol. The van der Waals surface area contributed by atoms with E-state index in [2.05, 4.69) is 73.6 Å². The smallest absolute Gasteiger partial charge is 0.223 e. The first-order chi connectivity index (χ1) is 12.7. The van der Waals surface area contributed by atoms with Crippen molar-refractivity contribution >= 4 is 5.91 Å². The molecule has 0 spiro atoms. The molecule has 0 aliphatic carbocycles. The number of nitrogens with one attached hydrogen (secondary N) is 2. The van der Waals surface area contributed by atoms with Crippen molar-refractivity contribution in [2.75, 3.05) is 19.6 Å². The van der Waals surface area contributed by atoms with Crippen molar-refractivity contribution in [2.24, 2.45) is 17.8 Å². The van der Waals surface area contributed by atoms with Gasteiger partial charge in [0.25, 0.3) is 0 Å². The Bertz CT molecular complexity index is 668. The molecule has 3 aliphatic heterocycles. The number of amides is 1. The molecule has 0 unspecified atom stereocenters. The van der Waals surface area contributed by atoms with Crippen molar-refractivity contribution in [2.45, 2.75) is 64.1 Å². The highest BCUT2D eigenvalue weighted by atomic mass is 16.2. The van der Waals surface area contributed by atoms with Gasteiger partial charge in [0.15, 0.2) is 0 Å². The van der Waals surface area contributed by atoms with Gasteiger partial charge in [-0.05, 0) is 57.9 Å². The largest absolute Gasteiger partial charge is 0.335 e. The predicted octanol–water partition coefficient (Wildman–Crippen LogP) is 3.35. The normalized spacial score (nSPS) is 32.4. The molecule has 0 radical (unpaired) electrons. The van der Waals surface area contributed by atoms with E-state index in [1.807, 2.05) is 0 Å². The average Bonchev–Trinajstić information content (AvgIpc) is 3.13. The number of fused-ring (bicyclic) bond motifs is 1. The maximum absolute atomic E-state index is 13.4. The highest BCUT2D eigenvalue weighted by Gasteiger charge is 2.47. The van der Waals surface area contributed by atoms with E-state index >= 15 is 0 Å². The minimum atomic E-state index is 0.0942. The first-order valence-corrected chi connectivity index (χ1v) is 10.6. The molecule has 3 heterocycles. The van der Waals surface area contributed by atoms with Crippen LogP contribution in [0.1, 0.15) is 58.6 Å². The molecule has 3 fully saturated rings. The fourth-order valence-corrected chi connectivity index (χ4v) is 6.30. The van der Waals surface area contributed by atoms with Crippen molar-refractivity contribution in [1.82, 2.24) is 15.5 Å². The lowest BCUT2D eigenvalue weighted by Crippen LogP contribution is -2.58. The van der Waals surface area contributed by atoms with E-state index in [9.17, 15) is 4.79 Å². The highest BCUT2D eigenvalue weighted by molar-refractivity contribution is 5.77. The van der Waals surface area contributed by atoms with Crippen LogP contribution in [-0.4, -0.2) is 41.5 Å². The Morgan fingerprint density at radius 2 is 1.74 bits per heavy atom. The second kappa shape index (κ2) is 6.89. The van der Waals surface area contributed by atoms with E-state index in [0.717, 1.165) is 32.5 Å². The number of carbonyl (C=O) groups excluding carboxylic acids is 1. The SMILES string of the molecule is CC1(C)CC(CC(=O)N2C[C@@H]3CNC[C@@H]3[C@H]2c2ccccc2)CC(C)(C)N1. The fraction of sp³-hybridized carbons (Fsp3) is 0.696. The second-order valence-electron chi connectivity index (χ2n) is 10.4. The number of piperidine rings is 1. The molecule has 1 aromatic carbocycles. The third-order valence-corrected chi connectivity index (χ3v) is 6.76. The number of nitrogens with zero attached hydrogens (tertiary/aromatic N) is 1. The van der Waals surface area contributed by atoms with Crippen molar-refractivity contribution < 1.29 is 4.79 Å². The molecule has 1 amide bonds. The zero-order chi connectivity index (χ0) is 19.2. The van der Waals surface area contributed by atoms with Crippen LogP contribution in [-0.2, 0) is 4.79 Å². The molecule has 3 saturated heterocycles. The van der Waals surface area contributed by atoms with Gasteiger partial charge in [-0.1, -0.05) is 30.3 Å². The molecular weight excluding hydrogens is 334 g/mol. The van der Waals surface area contributed by atoms with E-state index in [-0.39, 0.29) is 17.1 Å². The fourth-order valence-electron chi connectivity index (χ4n) is 6.30. The van der Waals surface area contributed by atoms with Crippen LogP contribution < -0.4 is 10.6 Å². The topological polar surface area (TPSA) is 44.4 Å². The average molecular weight is 370 g/mol. The molecule has 0 bridgehead atoms. The lowest BCUT2D eigenvalue weighted by atomic mass is 9.74. The van der Waals surface area contributed by atoms with Gasteiger partial charge in [-0.25, -0.2) is 0 Å². The molecule has 0 saturated carbocycles. The molecule has 4 rings (SSSR count). The standard InChI is InChI=1S/C23H35N3O/c1-22(2)11-16(12-23(3,4)25-22)10-20(27)26-15-18-13-24-14-19(18)21(26)17-8-6-5-7-9-17/h5-9,16,18-19,21,24-25H,10-15H2,1-4H3/t18-,19-,21+/m0/s1. The second-order valence-corrected chi connectivity index (χ2v) is 10.4. The molecule has 1 aromatic rings. The summed E-state index contributed by atoms with van der Waals surface area (Å²) >= 11 is 0. The molecule has 3 atom stereocenters. The Morgan fingerprint density at radius 1 is 1.07 bits per heavy atom. The Labute approximate surface area is 164 Å². The van der Waals surface area contributed by atoms with Crippen molar-refractivity contribution in [3.8, 4) is 0 Å². The Morgan fingerprint density at radius 3 is 2.41 bits per heavy atom. The van der Waals surface area contributed by atoms with E-state index < -0.39 is 0 Å². The molecule has 0 aromatic heterocycles. The molecule has 4 heteroatoms. The Hall–Kier alpha value is -1.39. The number of hydrogen-bond donors (Lipinski definition) is 2. The van der Waals surface area contributed by atoms with Gasteiger partial charge in [0, 0.05) is 43.1 Å². The third kappa shape index (κ3) is 3.93. The van der Waals surface area contributed by atoms with Crippen LogP contribution in [0.15, 0.2) is 30.3 Å². The zero-order valence-electron chi connectivity index (χ0n) is 17.3. The summed E-state index contributed by atoms with van der Waals surface area (Å²) in [5.74, 6) is 1.97. The molecule has 27 heavy (non-hydrogen) atoms. The van der Waals surface area contributed by atoms with Gasteiger partial charge in [0.1, 0.15) is 0 Å². The van der Waals surface area contributed by atoms with Crippen LogP contribution in [0.4, 0.5) is 0 Å². The number of rotatable bonds is 3. The van der Waals surface area contributed by atoms with Crippen LogP contribution in [0.3, 0.4) is 0 Å². The number of hydrogen-bond acceptors (Lipinski definition) is 3. The van der Waals surface area contributed by atoms with Crippen LogP contribution in [0.2, 0.25) is 0 Å². The van der Waals surface area contributed by atoms with Crippen LogP contribution in [0.5, 0.6) is 0 Å². The molecule has 4 nitrogen and oxygen atoms in total. The summed E-state index contributed by atoms with van der Waals surface area (Å²) in [6.45, 7) is 12.1. The van der Waals surface area contributed by atoms with Crippen LogP contribution in [0.25, 0.3) is 0 Å². The zero-order valence-corrected chi connectivity index (χ0v) is 17.3. The minimum Gasteiger partial charge on any atom is -0.335 e. The van der Waals surface area contributed by atoms with E-state index in [1.165, 1.54) is 5.56 Å². The van der Waals surface area contributed by atoms with Crippen molar-refractivity contribution in [1.29, 1.82) is 0 Å². The van der Waals surface area contributed by atoms with E-state index in [0.29, 0.717) is 30.1 Å². The van der Waals surface area contributed by atoms with Gasteiger partial charge in [0.05, 0.1) is 6.04 Å². The first-order valence-electron chi connectivity index (χ1n) is 10.6. The van der Waals surface area contributed by atoms with Crippen LogP contribution in [0, 0.1) is 17.8 Å². The summed E-state index contributed by atoms with van der Waals surface area (Å²) < 4.78 is 0. The van der Waals surface area contributed by atoms with Gasteiger partial charge in [-0.2, -0.15) is 0 Å². The van der Waals surface area contributed by atoms with Gasteiger partial charge < -0.3 is 15.5 Å². The van der Waals surface area contributed by atoms with Gasteiger partial charge in [-0.3, -0.25) is 4.79 Å². The summed E-state index contributed by atoms with van der Waals surface area (Å²) in [5.41, 5.74) is 1.49. The van der Waals surface area contributed by atoms with E-state index in [1.54, 1.807) is 0 Å². The first kappa shape index (κ1) is 18.9. The van der Waals surface area contributed by atoms with Crippen LogP contribution >= 0.6 is 0 Å². The Balaban J connectivity index is 1.52. The summed E-state index contributed by atoms with van der Waals surface area (Å²) in [4.78, 5) is 15.7. The number of benzene rings is 1. The van der Waals surface area contributed by atoms with Crippen molar-refractivity contribution in [3.63, 3.8) is 0 Å². The van der Waals surface area contributed by atoms with E-state index in [4.69, 9.17) is 0 Å².